The average Bonchev–Trinajstić information content (AvgIpc) is 3.32. The molecule has 3 aliphatic heterocycles. The zero-order chi connectivity index (χ0) is 22.7. The van der Waals surface area contributed by atoms with Gasteiger partial charge in [0.25, 0.3) is 5.91 Å². The van der Waals surface area contributed by atoms with E-state index in [9.17, 15) is 13.2 Å². The standard InChI is InChI=1S/C24H37N3O4S/c1-18-7-11-26(12-8-18)22-6-5-20(24(28)25-17-21-4-3-15-31-21)16-23(22)32(29,30)27-13-9-19(2)10-14-27/h5-6,16,18-19,21H,3-4,7-15,17H2,1-2H3,(H,25,28)/t21-/m0/s1. The number of piperidine rings is 2. The molecule has 8 heteroatoms. The Bertz CT molecular complexity index is 898. The van der Waals surface area contributed by atoms with Gasteiger partial charge in [-0.1, -0.05) is 13.8 Å². The van der Waals surface area contributed by atoms with Crippen molar-refractivity contribution in [1.82, 2.24) is 9.62 Å². The molecule has 1 aromatic carbocycles. The van der Waals surface area contributed by atoms with Gasteiger partial charge in [-0.15, -0.1) is 0 Å². The summed E-state index contributed by atoms with van der Waals surface area (Å²) in [6.07, 6.45) is 5.84. The molecule has 3 aliphatic rings. The van der Waals surface area contributed by atoms with Crippen LogP contribution in [0.3, 0.4) is 0 Å². The Morgan fingerprint density at radius 3 is 2.31 bits per heavy atom. The fourth-order valence-corrected chi connectivity index (χ4v) is 6.56. The molecule has 0 spiro atoms. The van der Waals surface area contributed by atoms with E-state index in [2.05, 4.69) is 24.1 Å². The normalized spacial score (nSPS) is 24.1. The molecule has 4 rings (SSSR count). The van der Waals surface area contributed by atoms with Crippen LogP contribution in [0.5, 0.6) is 0 Å². The maximum Gasteiger partial charge on any atom is 0.251 e. The third-order valence-electron chi connectivity index (χ3n) is 7.22. The summed E-state index contributed by atoms with van der Waals surface area (Å²) in [5.41, 5.74) is 1.12. The van der Waals surface area contributed by atoms with Gasteiger partial charge in [0, 0.05) is 44.9 Å². The van der Waals surface area contributed by atoms with Crippen molar-refractivity contribution >= 4 is 21.6 Å². The van der Waals surface area contributed by atoms with Gasteiger partial charge in [-0.2, -0.15) is 4.31 Å². The number of hydrogen-bond acceptors (Lipinski definition) is 5. The van der Waals surface area contributed by atoms with E-state index in [4.69, 9.17) is 4.74 Å². The second-order valence-electron chi connectivity index (χ2n) is 9.78. The molecule has 1 atom stereocenters. The first-order valence-electron chi connectivity index (χ1n) is 12.1. The average molecular weight is 464 g/mol. The van der Waals surface area contributed by atoms with Gasteiger partial charge in [0.05, 0.1) is 11.8 Å². The minimum absolute atomic E-state index is 0.0482. The van der Waals surface area contributed by atoms with Crippen LogP contribution in [0.15, 0.2) is 23.1 Å². The lowest BCUT2D eigenvalue weighted by Gasteiger charge is -2.35. The fraction of sp³-hybridized carbons (Fsp3) is 0.708. The van der Waals surface area contributed by atoms with Crippen LogP contribution in [0.2, 0.25) is 0 Å². The number of rotatable bonds is 6. The van der Waals surface area contributed by atoms with Gasteiger partial charge in [-0.05, 0) is 68.6 Å². The molecule has 7 nitrogen and oxygen atoms in total. The summed E-state index contributed by atoms with van der Waals surface area (Å²) in [5, 5.41) is 2.92. The van der Waals surface area contributed by atoms with Crippen molar-refractivity contribution in [3.8, 4) is 0 Å². The molecule has 3 fully saturated rings. The van der Waals surface area contributed by atoms with Crippen LogP contribution in [-0.4, -0.2) is 64.1 Å². The lowest BCUT2D eigenvalue weighted by atomic mass is 9.98. The van der Waals surface area contributed by atoms with Crippen LogP contribution in [-0.2, 0) is 14.8 Å². The number of ether oxygens (including phenoxy) is 1. The monoisotopic (exact) mass is 463 g/mol. The Morgan fingerprint density at radius 2 is 1.69 bits per heavy atom. The van der Waals surface area contributed by atoms with Gasteiger partial charge in [0.2, 0.25) is 10.0 Å². The molecule has 0 radical (unpaired) electrons. The maximum atomic E-state index is 13.7. The molecule has 3 heterocycles. The summed E-state index contributed by atoms with van der Waals surface area (Å²) in [7, 11) is -3.68. The number of sulfonamides is 1. The lowest BCUT2D eigenvalue weighted by molar-refractivity contribution is 0.0857. The van der Waals surface area contributed by atoms with E-state index in [1.165, 1.54) is 0 Å². The molecular weight excluding hydrogens is 426 g/mol. The summed E-state index contributed by atoms with van der Waals surface area (Å²) in [5.74, 6) is 0.945. The molecule has 1 amide bonds. The van der Waals surface area contributed by atoms with Gasteiger partial charge < -0.3 is 15.0 Å². The molecule has 32 heavy (non-hydrogen) atoms. The van der Waals surface area contributed by atoms with Crippen molar-refractivity contribution in [2.24, 2.45) is 11.8 Å². The van der Waals surface area contributed by atoms with Gasteiger partial charge in [0.15, 0.2) is 0 Å². The number of benzene rings is 1. The number of amides is 1. The molecule has 178 valence electrons. The summed E-state index contributed by atoms with van der Waals surface area (Å²) in [6, 6.07) is 5.18. The Kier molecular flexibility index (Phi) is 7.42. The number of hydrogen-bond donors (Lipinski definition) is 1. The highest BCUT2D eigenvalue weighted by molar-refractivity contribution is 7.89. The van der Waals surface area contributed by atoms with E-state index < -0.39 is 10.0 Å². The van der Waals surface area contributed by atoms with Crippen LogP contribution < -0.4 is 10.2 Å². The predicted molar refractivity (Wildman–Crippen MR) is 126 cm³/mol. The molecular formula is C24H37N3O4S. The number of carbonyl (C=O) groups excluding carboxylic acids is 1. The van der Waals surface area contributed by atoms with Crippen molar-refractivity contribution in [3.05, 3.63) is 23.8 Å². The minimum Gasteiger partial charge on any atom is -0.376 e. The van der Waals surface area contributed by atoms with Gasteiger partial charge >= 0.3 is 0 Å². The number of anilines is 1. The Hall–Kier alpha value is -1.64. The molecule has 0 bridgehead atoms. The zero-order valence-electron chi connectivity index (χ0n) is 19.4. The van der Waals surface area contributed by atoms with Crippen molar-refractivity contribution in [1.29, 1.82) is 0 Å². The maximum absolute atomic E-state index is 13.7. The van der Waals surface area contributed by atoms with E-state index in [0.717, 1.165) is 63.9 Å². The second kappa shape index (κ2) is 10.1. The zero-order valence-corrected chi connectivity index (χ0v) is 20.2. The van der Waals surface area contributed by atoms with Crippen LogP contribution >= 0.6 is 0 Å². The summed E-state index contributed by atoms with van der Waals surface area (Å²) in [4.78, 5) is 15.3. The van der Waals surface area contributed by atoms with Crippen molar-refractivity contribution in [2.75, 3.05) is 44.2 Å². The predicted octanol–water partition coefficient (Wildman–Crippen LogP) is 3.25. The molecule has 1 aromatic rings. The highest BCUT2D eigenvalue weighted by Gasteiger charge is 2.32. The van der Waals surface area contributed by atoms with Gasteiger partial charge in [-0.3, -0.25) is 4.79 Å². The van der Waals surface area contributed by atoms with Gasteiger partial charge in [0.1, 0.15) is 4.90 Å². The fourth-order valence-electron chi connectivity index (χ4n) is 4.85. The van der Waals surface area contributed by atoms with Crippen LogP contribution in [0.4, 0.5) is 5.69 Å². The molecule has 1 N–H and O–H groups in total. The van der Waals surface area contributed by atoms with Crippen molar-refractivity contribution in [2.45, 2.75) is 63.4 Å². The summed E-state index contributed by atoms with van der Waals surface area (Å²) >= 11 is 0. The Labute approximate surface area is 192 Å². The van der Waals surface area contributed by atoms with E-state index in [0.29, 0.717) is 37.0 Å². The number of nitrogens with one attached hydrogen (secondary N) is 1. The van der Waals surface area contributed by atoms with E-state index in [-0.39, 0.29) is 16.9 Å². The summed E-state index contributed by atoms with van der Waals surface area (Å²) < 4.78 is 34.6. The SMILES string of the molecule is CC1CCN(c2ccc(C(=O)NC[C@@H]3CCCO3)cc2S(=O)(=O)N2CCC(C)CC2)CC1. The molecule has 3 saturated heterocycles. The second-order valence-corrected chi connectivity index (χ2v) is 11.7. The number of carbonyl (C=O) groups is 1. The van der Waals surface area contributed by atoms with E-state index in [1.54, 1.807) is 16.4 Å². The van der Waals surface area contributed by atoms with Crippen LogP contribution in [0.1, 0.15) is 62.7 Å². The molecule has 0 aromatic heterocycles. The first-order valence-corrected chi connectivity index (χ1v) is 13.6. The highest BCUT2D eigenvalue weighted by atomic mass is 32.2. The first kappa shape index (κ1) is 23.5. The summed E-state index contributed by atoms with van der Waals surface area (Å²) in [6.45, 7) is 8.35. The van der Waals surface area contributed by atoms with Gasteiger partial charge in [-0.25, -0.2) is 8.42 Å². The topological polar surface area (TPSA) is 79.0 Å². The number of nitrogens with zero attached hydrogens (tertiary/aromatic N) is 2. The highest BCUT2D eigenvalue weighted by Crippen LogP contribution is 2.33. The third-order valence-corrected chi connectivity index (χ3v) is 9.15. The van der Waals surface area contributed by atoms with Crippen molar-refractivity contribution < 1.29 is 17.9 Å². The molecule has 0 unspecified atom stereocenters. The Morgan fingerprint density at radius 1 is 1.03 bits per heavy atom. The smallest absolute Gasteiger partial charge is 0.251 e. The Balaban J connectivity index is 1.60. The lowest BCUT2D eigenvalue weighted by Crippen LogP contribution is -2.40. The van der Waals surface area contributed by atoms with Crippen LogP contribution in [0, 0.1) is 11.8 Å². The first-order chi connectivity index (χ1) is 15.3. The molecule has 0 saturated carbocycles. The largest absolute Gasteiger partial charge is 0.376 e. The van der Waals surface area contributed by atoms with Crippen LogP contribution in [0.25, 0.3) is 0 Å². The third kappa shape index (κ3) is 5.29. The van der Waals surface area contributed by atoms with Crippen molar-refractivity contribution in [3.63, 3.8) is 0 Å². The quantitative estimate of drug-likeness (QED) is 0.701. The van der Waals surface area contributed by atoms with E-state index >= 15 is 0 Å². The van der Waals surface area contributed by atoms with E-state index in [1.807, 2.05) is 6.07 Å². The molecule has 0 aliphatic carbocycles. The minimum atomic E-state index is -3.68.